The molecule has 5 nitrogen and oxygen atoms in total. The van der Waals surface area contributed by atoms with Crippen LogP contribution in [-0.2, 0) is 16.1 Å². The largest absolute Gasteiger partial charge is 0.460 e. The number of rotatable bonds is 14. The van der Waals surface area contributed by atoms with Gasteiger partial charge in [0.2, 0.25) is 0 Å². The average Bonchev–Trinajstić information content (AvgIpc) is 2.96. The fourth-order valence-corrected chi connectivity index (χ4v) is 5.23. The minimum atomic E-state index is -0.732. The Morgan fingerprint density at radius 3 is 2.05 bits per heavy atom. The highest BCUT2D eigenvalue weighted by molar-refractivity contribution is 5.75. The molecule has 0 bridgehead atoms. The van der Waals surface area contributed by atoms with Crippen LogP contribution in [0.2, 0.25) is 0 Å². The summed E-state index contributed by atoms with van der Waals surface area (Å²) in [4.78, 5) is 18.5. The smallest absolute Gasteiger partial charge is 0.312 e. The molecule has 0 radical (unpaired) electrons. The average molecular weight is 550 g/mol. The second-order valence-corrected chi connectivity index (χ2v) is 11.2. The summed E-state index contributed by atoms with van der Waals surface area (Å²) in [5.74, 6) is -1.11. The highest BCUT2D eigenvalue weighted by Gasteiger charge is 2.40. The van der Waals surface area contributed by atoms with Crippen LogP contribution < -0.4 is 4.90 Å². The molecule has 0 amide bonds. The number of hydrogen-bond acceptors (Lipinski definition) is 5. The molecule has 0 aliphatic heterocycles. The number of carbonyl (C=O) groups excluding carboxylic acids is 1. The molecular weight excluding hydrogens is 506 g/mol. The van der Waals surface area contributed by atoms with E-state index in [0.29, 0.717) is 19.6 Å². The Kier molecular flexibility index (Phi) is 11.5. The molecule has 0 heterocycles. The summed E-state index contributed by atoms with van der Waals surface area (Å²) in [7, 11) is 0. The Bertz CT molecular complexity index is 1300. The maximum Gasteiger partial charge on any atom is 0.312 e. The molecule has 0 aliphatic carbocycles. The van der Waals surface area contributed by atoms with E-state index in [0.717, 1.165) is 22.4 Å². The van der Waals surface area contributed by atoms with Crippen LogP contribution in [0.3, 0.4) is 0 Å². The Balaban J connectivity index is 2.31. The second-order valence-electron chi connectivity index (χ2n) is 11.2. The van der Waals surface area contributed by atoms with Crippen molar-refractivity contribution >= 4 is 11.7 Å². The maximum atomic E-state index is 14.0. The fourth-order valence-electron chi connectivity index (χ4n) is 5.23. The number of nitrogens with zero attached hydrogens (tertiary/aromatic N) is 3. The number of para-hydroxylation sites is 1. The lowest BCUT2D eigenvalue weighted by Crippen LogP contribution is -2.41. The fraction of sp³-hybridized carbons (Fsp3) is 0.333. The number of nitriles is 1. The van der Waals surface area contributed by atoms with Crippen LogP contribution in [0.1, 0.15) is 62.9 Å². The molecule has 3 aromatic carbocycles. The first-order chi connectivity index (χ1) is 19.7. The Morgan fingerprint density at radius 2 is 1.49 bits per heavy atom. The summed E-state index contributed by atoms with van der Waals surface area (Å²) < 4.78 is 5.97. The molecular formula is C36H43N3O2. The van der Waals surface area contributed by atoms with Gasteiger partial charge < -0.3 is 9.64 Å². The van der Waals surface area contributed by atoms with E-state index in [1.807, 2.05) is 81.5 Å². The predicted molar refractivity (Wildman–Crippen MR) is 168 cm³/mol. The third-order valence-electron chi connectivity index (χ3n) is 7.04. The van der Waals surface area contributed by atoms with E-state index in [1.54, 1.807) is 0 Å². The first-order valence-corrected chi connectivity index (χ1v) is 14.2. The third kappa shape index (κ3) is 8.67. The zero-order chi connectivity index (χ0) is 29.8. The molecule has 3 atom stereocenters. The Hall–Kier alpha value is -4.14. The van der Waals surface area contributed by atoms with Crippen LogP contribution in [0.15, 0.2) is 110 Å². The molecule has 0 saturated carbocycles. The van der Waals surface area contributed by atoms with Crippen molar-refractivity contribution in [2.24, 2.45) is 5.92 Å². The van der Waals surface area contributed by atoms with Gasteiger partial charge in [0.1, 0.15) is 5.60 Å². The number of hydrogen-bond donors (Lipinski definition) is 0. The summed E-state index contributed by atoms with van der Waals surface area (Å²) in [5.41, 5.74) is 3.48. The molecule has 3 rings (SSSR count). The van der Waals surface area contributed by atoms with Gasteiger partial charge in [0.15, 0.2) is 0 Å². The van der Waals surface area contributed by atoms with E-state index in [-0.39, 0.29) is 18.4 Å². The number of esters is 1. The van der Waals surface area contributed by atoms with E-state index in [4.69, 9.17) is 4.74 Å². The van der Waals surface area contributed by atoms with Crippen molar-refractivity contribution in [3.8, 4) is 6.07 Å². The molecule has 0 fully saturated rings. The summed E-state index contributed by atoms with van der Waals surface area (Å²) in [5, 5.41) is 10.0. The van der Waals surface area contributed by atoms with Crippen LogP contribution in [0.4, 0.5) is 5.69 Å². The van der Waals surface area contributed by atoms with Crippen molar-refractivity contribution in [1.29, 1.82) is 5.26 Å². The zero-order valence-corrected chi connectivity index (χ0v) is 24.9. The lowest BCUT2D eigenvalue weighted by Gasteiger charge is -2.42. The maximum absolute atomic E-state index is 14.0. The van der Waals surface area contributed by atoms with Crippen molar-refractivity contribution < 1.29 is 9.53 Å². The van der Waals surface area contributed by atoms with E-state index in [2.05, 4.69) is 72.3 Å². The van der Waals surface area contributed by atoms with Gasteiger partial charge in [-0.05, 0) is 50.5 Å². The molecule has 214 valence electrons. The minimum absolute atomic E-state index is 0.0175. The van der Waals surface area contributed by atoms with Gasteiger partial charge in [-0.1, -0.05) is 91.0 Å². The van der Waals surface area contributed by atoms with Gasteiger partial charge in [-0.3, -0.25) is 9.69 Å². The lowest BCUT2D eigenvalue weighted by atomic mass is 9.85. The molecule has 0 spiro atoms. The number of benzene rings is 3. The molecule has 5 heteroatoms. The van der Waals surface area contributed by atoms with Crippen molar-refractivity contribution in [1.82, 2.24) is 4.90 Å². The normalized spacial score (nSPS) is 13.5. The van der Waals surface area contributed by atoms with E-state index < -0.39 is 17.6 Å². The first kappa shape index (κ1) is 31.4. The van der Waals surface area contributed by atoms with Gasteiger partial charge in [0.05, 0.1) is 24.4 Å². The zero-order valence-electron chi connectivity index (χ0n) is 24.9. The molecule has 0 unspecified atom stereocenters. The van der Waals surface area contributed by atoms with E-state index in [9.17, 15) is 10.1 Å². The van der Waals surface area contributed by atoms with E-state index >= 15 is 0 Å². The standard InChI is InChI=1S/C36H43N3O2/c1-7-25-38(26-8-2)33-22-16-15-21-31(33)34(32(23-24-37)35(40)41-36(4,5)6)39(27-29-17-11-9-12-18-29)28(3)30-19-13-10-14-20-30/h7-22,28,32,34H,1-2,23,25-27H2,3-6H3/t28-,32-,34-/m1/s1. The van der Waals surface area contributed by atoms with Gasteiger partial charge in [-0.15, -0.1) is 13.2 Å². The van der Waals surface area contributed by atoms with Gasteiger partial charge >= 0.3 is 5.97 Å². The van der Waals surface area contributed by atoms with Crippen LogP contribution in [0, 0.1) is 17.2 Å². The minimum Gasteiger partial charge on any atom is -0.460 e. The van der Waals surface area contributed by atoms with E-state index in [1.165, 1.54) is 0 Å². The summed E-state index contributed by atoms with van der Waals surface area (Å²) in [6.45, 7) is 17.5. The molecule has 0 N–H and O–H groups in total. The number of carbonyl (C=O) groups is 1. The third-order valence-corrected chi connectivity index (χ3v) is 7.04. The van der Waals surface area contributed by atoms with Crippen molar-refractivity contribution in [3.63, 3.8) is 0 Å². The van der Waals surface area contributed by atoms with Gasteiger partial charge in [0, 0.05) is 31.4 Å². The Labute approximate surface area is 246 Å². The number of anilines is 1. The molecule has 3 aromatic rings. The van der Waals surface area contributed by atoms with Crippen LogP contribution >= 0.6 is 0 Å². The number of ether oxygens (including phenoxy) is 1. The van der Waals surface area contributed by atoms with Gasteiger partial charge in [-0.2, -0.15) is 5.26 Å². The first-order valence-electron chi connectivity index (χ1n) is 14.2. The quantitative estimate of drug-likeness (QED) is 0.150. The predicted octanol–water partition coefficient (Wildman–Crippen LogP) is 8.04. The highest BCUT2D eigenvalue weighted by atomic mass is 16.6. The van der Waals surface area contributed by atoms with Crippen molar-refractivity contribution in [2.45, 2.75) is 58.3 Å². The topological polar surface area (TPSA) is 56.6 Å². The van der Waals surface area contributed by atoms with Crippen molar-refractivity contribution in [2.75, 3.05) is 18.0 Å². The van der Waals surface area contributed by atoms with Crippen molar-refractivity contribution in [3.05, 3.63) is 127 Å². The molecule has 0 saturated heterocycles. The van der Waals surface area contributed by atoms with Crippen LogP contribution in [0.25, 0.3) is 0 Å². The molecule has 41 heavy (non-hydrogen) atoms. The molecule has 0 aromatic heterocycles. The highest BCUT2D eigenvalue weighted by Crippen LogP contribution is 2.43. The van der Waals surface area contributed by atoms with Gasteiger partial charge in [0.25, 0.3) is 0 Å². The summed E-state index contributed by atoms with van der Waals surface area (Å²) in [6.07, 6.45) is 3.75. The van der Waals surface area contributed by atoms with Gasteiger partial charge in [-0.25, -0.2) is 0 Å². The van der Waals surface area contributed by atoms with Crippen LogP contribution in [-0.4, -0.2) is 29.6 Å². The Morgan fingerprint density at radius 1 is 0.927 bits per heavy atom. The summed E-state index contributed by atoms with van der Waals surface area (Å²) in [6, 6.07) is 30.5. The monoisotopic (exact) mass is 549 g/mol. The molecule has 0 aliphatic rings. The van der Waals surface area contributed by atoms with Crippen LogP contribution in [0.5, 0.6) is 0 Å². The summed E-state index contributed by atoms with van der Waals surface area (Å²) >= 11 is 0. The lowest BCUT2D eigenvalue weighted by molar-refractivity contribution is -0.163. The second kappa shape index (κ2) is 15.0. The SMILES string of the molecule is C=CCN(CC=C)c1ccccc1[C@H]([C@@H](CC#N)C(=O)OC(C)(C)C)N(Cc1ccccc1)[C@H](C)c1ccccc1.